The Morgan fingerprint density at radius 3 is 2.21 bits per heavy atom. The minimum Gasteiger partial charge on any atom is -0.464 e. The number of hydrogen-bond acceptors (Lipinski definition) is 7. The highest BCUT2D eigenvalue weighted by molar-refractivity contribution is 7.12. The number of thiophene rings is 1. The van der Waals surface area contributed by atoms with Crippen LogP contribution in [-0.2, 0) is 19.1 Å². The van der Waals surface area contributed by atoms with E-state index in [4.69, 9.17) is 9.47 Å². The molecule has 0 unspecified atom stereocenters. The molecule has 0 radical (unpaired) electrons. The average molecular weight is 404 g/mol. The highest BCUT2D eigenvalue weighted by Gasteiger charge is 2.31. The minimum atomic E-state index is -1.57. The van der Waals surface area contributed by atoms with Crippen LogP contribution in [0.2, 0.25) is 0 Å². The van der Waals surface area contributed by atoms with Gasteiger partial charge in [0, 0.05) is 11.3 Å². The van der Waals surface area contributed by atoms with E-state index < -0.39 is 23.9 Å². The number of rotatable bonds is 8. The van der Waals surface area contributed by atoms with Crippen LogP contribution >= 0.6 is 11.3 Å². The normalized spacial score (nSPS) is 10.2. The van der Waals surface area contributed by atoms with Crippen molar-refractivity contribution in [2.24, 2.45) is 0 Å². The number of nitrogens with one attached hydrogen (secondary N) is 2. The molecule has 1 aromatic carbocycles. The van der Waals surface area contributed by atoms with Gasteiger partial charge in [-0.2, -0.15) is 0 Å². The van der Waals surface area contributed by atoms with E-state index >= 15 is 0 Å². The molecule has 0 saturated carbocycles. The molecule has 2 N–H and O–H groups in total. The number of carbonyl (C=O) groups excluding carboxylic acids is 4. The summed E-state index contributed by atoms with van der Waals surface area (Å²) in [7, 11) is 0. The van der Waals surface area contributed by atoms with Crippen molar-refractivity contribution in [2.45, 2.75) is 19.9 Å². The fourth-order valence-electron chi connectivity index (χ4n) is 2.22. The summed E-state index contributed by atoms with van der Waals surface area (Å²) < 4.78 is 9.63. The highest BCUT2D eigenvalue weighted by atomic mass is 32.1. The predicted octanol–water partition coefficient (Wildman–Crippen LogP) is 2.22. The first-order valence-electron chi connectivity index (χ1n) is 8.55. The van der Waals surface area contributed by atoms with E-state index in [1.165, 1.54) is 23.5 Å². The van der Waals surface area contributed by atoms with Gasteiger partial charge >= 0.3 is 11.9 Å². The van der Waals surface area contributed by atoms with Gasteiger partial charge in [-0.05, 0) is 43.5 Å². The topological polar surface area (TPSA) is 111 Å². The first kappa shape index (κ1) is 21.1. The third-order valence-electron chi connectivity index (χ3n) is 3.45. The standard InChI is InChI=1S/C19H20N2O6S/c1-3-26-18(24)15(19(25)27-4-2)21-16(22)12-7-5-8-13(11-12)20-17(23)14-9-6-10-28-14/h5-11,15H,3-4H2,1-2H3,(H,20,23)(H,21,22). The van der Waals surface area contributed by atoms with Crippen LogP contribution in [0.15, 0.2) is 41.8 Å². The van der Waals surface area contributed by atoms with Crippen LogP contribution in [0.5, 0.6) is 0 Å². The van der Waals surface area contributed by atoms with Gasteiger partial charge < -0.3 is 20.1 Å². The summed E-state index contributed by atoms with van der Waals surface area (Å²) in [6, 6.07) is 7.99. The fourth-order valence-corrected chi connectivity index (χ4v) is 2.84. The zero-order valence-corrected chi connectivity index (χ0v) is 16.2. The van der Waals surface area contributed by atoms with Crippen LogP contribution < -0.4 is 10.6 Å². The van der Waals surface area contributed by atoms with E-state index in [1.54, 1.807) is 43.5 Å². The van der Waals surface area contributed by atoms with E-state index in [9.17, 15) is 19.2 Å². The minimum absolute atomic E-state index is 0.0504. The van der Waals surface area contributed by atoms with Crippen molar-refractivity contribution in [3.63, 3.8) is 0 Å². The number of hydrogen-bond donors (Lipinski definition) is 2. The van der Waals surface area contributed by atoms with Crippen molar-refractivity contribution in [3.05, 3.63) is 52.2 Å². The van der Waals surface area contributed by atoms with Crippen molar-refractivity contribution in [1.29, 1.82) is 0 Å². The van der Waals surface area contributed by atoms with Crippen LogP contribution in [0.1, 0.15) is 33.9 Å². The number of ether oxygens (including phenoxy) is 2. The Bertz CT molecular complexity index is 832. The molecule has 0 aliphatic rings. The van der Waals surface area contributed by atoms with Gasteiger partial charge in [-0.15, -0.1) is 11.3 Å². The quantitative estimate of drug-likeness (QED) is 0.516. The van der Waals surface area contributed by atoms with Crippen LogP contribution in [0.3, 0.4) is 0 Å². The molecular formula is C19H20N2O6S. The average Bonchev–Trinajstić information content (AvgIpc) is 3.21. The Morgan fingerprint density at radius 2 is 1.64 bits per heavy atom. The van der Waals surface area contributed by atoms with Crippen molar-refractivity contribution in [3.8, 4) is 0 Å². The predicted molar refractivity (Wildman–Crippen MR) is 103 cm³/mol. The van der Waals surface area contributed by atoms with E-state index in [0.29, 0.717) is 10.6 Å². The molecule has 0 bridgehead atoms. The summed E-state index contributed by atoms with van der Waals surface area (Å²) in [5.41, 5.74) is 0.553. The highest BCUT2D eigenvalue weighted by Crippen LogP contribution is 2.15. The molecular weight excluding hydrogens is 384 g/mol. The molecule has 0 aliphatic heterocycles. The van der Waals surface area contributed by atoms with Crippen molar-refractivity contribution in [1.82, 2.24) is 5.32 Å². The van der Waals surface area contributed by atoms with Crippen LogP contribution in [0.4, 0.5) is 5.69 Å². The lowest BCUT2D eigenvalue weighted by atomic mass is 10.1. The van der Waals surface area contributed by atoms with Gasteiger partial charge in [-0.1, -0.05) is 12.1 Å². The molecule has 148 valence electrons. The van der Waals surface area contributed by atoms with Gasteiger partial charge in [0.1, 0.15) is 0 Å². The van der Waals surface area contributed by atoms with Gasteiger partial charge in [-0.25, -0.2) is 9.59 Å². The summed E-state index contributed by atoms with van der Waals surface area (Å²) in [5.74, 6) is -2.80. The largest absolute Gasteiger partial charge is 0.464 e. The van der Waals surface area contributed by atoms with Gasteiger partial charge in [0.2, 0.25) is 6.04 Å². The first-order chi connectivity index (χ1) is 13.5. The molecule has 2 amide bonds. The maximum Gasteiger partial charge on any atom is 0.340 e. The van der Waals surface area contributed by atoms with Crippen LogP contribution in [-0.4, -0.2) is 43.0 Å². The first-order valence-corrected chi connectivity index (χ1v) is 9.43. The zero-order valence-electron chi connectivity index (χ0n) is 15.4. The van der Waals surface area contributed by atoms with Crippen LogP contribution in [0.25, 0.3) is 0 Å². The number of esters is 2. The van der Waals surface area contributed by atoms with Gasteiger partial charge in [0.05, 0.1) is 18.1 Å². The van der Waals surface area contributed by atoms with Gasteiger partial charge in [0.15, 0.2) is 0 Å². The summed E-state index contributed by atoms with van der Waals surface area (Å²) in [6.07, 6.45) is 0. The SMILES string of the molecule is CCOC(=O)C(NC(=O)c1cccc(NC(=O)c2cccs2)c1)C(=O)OCC. The Morgan fingerprint density at radius 1 is 0.964 bits per heavy atom. The molecule has 28 heavy (non-hydrogen) atoms. The summed E-state index contributed by atoms with van der Waals surface area (Å²) in [5, 5.41) is 6.78. The zero-order chi connectivity index (χ0) is 20.5. The molecule has 1 aromatic heterocycles. The van der Waals surface area contributed by atoms with E-state index in [-0.39, 0.29) is 24.7 Å². The monoisotopic (exact) mass is 404 g/mol. The second-order valence-corrected chi connectivity index (χ2v) is 6.37. The second-order valence-electron chi connectivity index (χ2n) is 5.42. The van der Waals surface area contributed by atoms with E-state index in [0.717, 1.165) is 0 Å². The maximum atomic E-state index is 12.5. The lowest BCUT2D eigenvalue weighted by molar-refractivity contribution is -0.157. The van der Waals surface area contributed by atoms with Gasteiger partial charge in [0.25, 0.3) is 11.8 Å². The van der Waals surface area contributed by atoms with Gasteiger partial charge in [-0.3, -0.25) is 9.59 Å². The molecule has 0 saturated heterocycles. The molecule has 0 aliphatic carbocycles. The number of amides is 2. The molecule has 0 fully saturated rings. The Kier molecular flexibility index (Phi) is 7.70. The van der Waals surface area contributed by atoms with Crippen molar-refractivity contribution < 1.29 is 28.7 Å². The summed E-state index contributed by atoms with van der Waals surface area (Å²) >= 11 is 1.29. The molecule has 8 nitrogen and oxygen atoms in total. The fraction of sp³-hybridized carbons (Fsp3) is 0.263. The summed E-state index contributed by atoms with van der Waals surface area (Å²) in [6.45, 7) is 3.27. The third-order valence-corrected chi connectivity index (χ3v) is 4.32. The smallest absolute Gasteiger partial charge is 0.340 e. The molecule has 2 rings (SSSR count). The number of anilines is 1. The lowest BCUT2D eigenvalue weighted by Gasteiger charge is -2.16. The Labute approximate surface area is 165 Å². The molecule has 0 spiro atoms. The third kappa shape index (κ3) is 5.65. The van der Waals surface area contributed by atoms with Crippen LogP contribution in [0, 0.1) is 0 Å². The Balaban J connectivity index is 2.12. The molecule has 0 atom stereocenters. The molecule has 2 aromatic rings. The molecule has 9 heteroatoms. The van der Waals surface area contributed by atoms with E-state index in [2.05, 4.69) is 10.6 Å². The molecule has 1 heterocycles. The van der Waals surface area contributed by atoms with Crippen molar-refractivity contribution >= 4 is 40.8 Å². The number of benzene rings is 1. The lowest BCUT2D eigenvalue weighted by Crippen LogP contribution is -2.48. The maximum absolute atomic E-state index is 12.5. The second kappa shape index (κ2) is 10.2. The number of carbonyl (C=O) groups is 4. The Hall–Kier alpha value is -3.20. The summed E-state index contributed by atoms with van der Waals surface area (Å²) in [4.78, 5) is 49.1. The van der Waals surface area contributed by atoms with E-state index in [1.807, 2.05) is 0 Å². The van der Waals surface area contributed by atoms with Crippen molar-refractivity contribution in [2.75, 3.05) is 18.5 Å².